The minimum absolute atomic E-state index is 0.0150. The molecule has 0 saturated carbocycles. The van der Waals surface area contributed by atoms with Crippen LogP contribution in [-0.4, -0.2) is 26.9 Å². The van der Waals surface area contributed by atoms with Gasteiger partial charge in [-0.3, -0.25) is 0 Å². The number of nitrogen functional groups attached to an aromatic ring is 1. The Kier molecular flexibility index (Phi) is 4.16. The van der Waals surface area contributed by atoms with E-state index in [1.165, 1.54) is 6.07 Å². The topological polar surface area (TPSA) is 95.4 Å². The Morgan fingerprint density at radius 2 is 1.94 bits per heavy atom. The zero-order valence-corrected chi connectivity index (χ0v) is 11.5. The zero-order valence-electron chi connectivity index (χ0n) is 9.83. The molecule has 0 amide bonds. The van der Waals surface area contributed by atoms with Crippen LogP contribution < -0.4 is 10.9 Å². The fourth-order valence-electron chi connectivity index (χ4n) is 1.85. The van der Waals surface area contributed by atoms with Gasteiger partial charge in [0.15, 0.2) is 0 Å². The number of anilines is 1. The molecule has 1 saturated heterocycles. The molecule has 0 unspecified atom stereocenters. The molecule has 0 radical (unpaired) electrons. The van der Waals surface area contributed by atoms with Gasteiger partial charge in [-0.05, 0) is 31.0 Å². The molecule has 4 N–H and O–H groups in total. The van der Waals surface area contributed by atoms with Gasteiger partial charge in [0.1, 0.15) is 4.90 Å². The van der Waals surface area contributed by atoms with Gasteiger partial charge in [-0.25, -0.2) is 13.6 Å². The Morgan fingerprint density at radius 1 is 1.28 bits per heavy atom. The van der Waals surface area contributed by atoms with Gasteiger partial charge >= 0.3 is 0 Å². The molecule has 1 aliphatic rings. The maximum Gasteiger partial charge on any atom is 0.240 e. The normalized spacial score (nSPS) is 17.8. The fraction of sp³-hybridized carbons (Fsp3) is 0.455. The molecule has 0 bridgehead atoms. The molecule has 1 heterocycles. The molecule has 5 nitrogen and oxygen atoms in total. The highest BCUT2D eigenvalue weighted by Gasteiger charge is 2.17. The summed E-state index contributed by atoms with van der Waals surface area (Å²) in [6.45, 7) is 1.56. The van der Waals surface area contributed by atoms with Crippen molar-refractivity contribution in [1.82, 2.24) is 0 Å². The van der Waals surface area contributed by atoms with Crippen molar-refractivity contribution < 1.29 is 13.2 Å². The zero-order chi connectivity index (χ0) is 13.2. The molecule has 0 aliphatic carbocycles. The smallest absolute Gasteiger partial charge is 0.240 e. The van der Waals surface area contributed by atoms with E-state index < -0.39 is 10.0 Å². The molecule has 18 heavy (non-hydrogen) atoms. The van der Waals surface area contributed by atoms with E-state index in [4.69, 9.17) is 15.6 Å². The van der Waals surface area contributed by atoms with Gasteiger partial charge in [-0.15, -0.1) is 11.8 Å². The summed E-state index contributed by atoms with van der Waals surface area (Å²) >= 11 is 1.70. The first-order valence-electron chi connectivity index (χ1n) is 5.63. The lowest BCUT2D eigenvalue weighted by Gasteiger charge is -2.21. The Labute approximate surface area is 111 Å². The number of nitrogens with two attached hydrogens (primary N) is 2. The summed E-state index contributed by atoms with van der Waals surface area (Å²) in [5.41, 5.74) is 5.92. The van der Waals surface area contributed by atoms with Crippen LogP contribution in [0.4, 0.5) is 5.69 Å². The van der Waals surface area contributed by atoms with E-state index in [0.29, 0.717) is 5.25 Å². The molecule has 0 spiro atoms. The van der Waals surface area contributed by atoms with Crippen LogP contribution >= 0.6 is 11.8 Å². The number of primary sulfonamides is 1. The molecule has 1 fully saturated rings. The summed E-state index contributed by atoms with van der Waals surface area (Å²) < 4.78 is 27.7. The van der Waals surface area contributed by atoms with E-state index >= 15 is 0 Å². The number of sulfonamides is 1. The number of benzene rings is 1. The standard InChI is InChI=1S/C11H16N2O3S2/c12-10-7-9(1-2-11(10)18(13,14)15)17-8-3-5-16-6-4-8/h1-2,7-8H,3-6,12H2,(H2,13,14,15). The third-order valence-electron chi connectivity index (χ3n) is 2.76. The summed E-state index contributed by atoms with van der Waals surface area (Å²) in [7, 11) is -3.74. The summed E-state index contributed by atoms with van der Waals surface area (Å²) in [6, 6.07) is 4.88. The van der Waals surface area contributed by atoms with Crippen LogP contribution in [0.15, 0.2) is 28.0 Å². The van der Waals surface area contributed by atoms with Crippen molar-refractivity contribution in [3.8, 4) is 0 Å². The summed E-state index contributed by atoms with van der Waals surface area (Å²) in [5, 5.41) is 5.56. The van der Waals surface area contributed by atoms with Gasteiger partial charge in [0.2, 0.25) is 10.0 Å². The molecular weight excluding hydrogens is 272 g/mol. The minimum Gasteiger partial charge on any atom is -0.398 e. The van der Waals surface area contributed by atoms with Gasteiger partial charge < -0.3 is 10.5 Å². The van der Waals surface area contributed by atoms with E-state index in [9.17, 15) is 8.42 Å². The van der Waals surface area contributed by atoms with Crippen molar-refractivity contribution in [1.29, 1.82) is 0 Å². The monoisotopic (exact) mass is 288 g/mol. The summed E-state index contributed by atoms with van der Waals surface area (Å²) in [5.74, 6) is 0. The number of hydrogen-bond donors (Lipinski definition) is 2. The lowest BCUT2D eigenvalue weighted by molar-refractivity contribution is 0.100. The highest BCUT2D eigenvalue weighted by molar-refractivity contribution is 8.00. The van der Waals surface area contributed by atoms with E-state index in [1.807, 2.05) is 0 Å². The molecule has 0 atom stereocenters. The van der Waals surface area contributed by atoms with Crippen LogP contribution in [0.3, 0.4) is 0 Å². The number of hydrogen-bond acceptors (Lipinski definition) is 5. The Morgan fingerprint density at radius 3 is 2.50 bits per heavy atom. The number of ether oxygens (including phenoxy) is 1. The SMILES string of the molecule is Nc1cc(SC2CCOCC2)ccc1S(N)(=O)=O. The van der Waals surface area contributed by atoms with Gasteiger partial charge in [0.25, 0.3) is 0 Å². The Balaban J connectivity index is 2.13. The predicted octanol–water partition coefficient (Wildman–Crippen LogP) is 1.19. The van der Waals surface area contributed by atoms with Crippen molar-refractivity contribution in [2.45, 2.75) is 27.9 Å². The average molecular weight is 288 g/mol. The molecule has 2 rings (SSSR count). The third kappa shape index (κ3) is 3.38. The molecule has 1 aliphatic heterocycles. The minimum atomic E-state index is -3.74. The second-order valence-electron chi connectivity index (χ2n) is 4.17. The molecule has 1 aromatic carbocycles. The van der Waals surface area contributed by atoms with Crippen LogP contribution in [0.2, 0.25) is 0 Å². The maximum absolute atomic E-state index is 11.2. The van der Waals surface area contributed by atoms with E-state index in [-0.39, 0.29) is 10.6 Å². The second kappa shape index (κ2) is 5.48. The lowest BCUT2D eigenvalue weighted by Crippen LogP contribution is -2.17. The number of rotatable bonds is 3. The van der Waals surface area contributed by atoms with Crippen LogP contribution in [0.5, 0.6) is 0 Å². The van der Waals surface area contributed by atoms with Crippen LogP contribution in [0, 0.1) is 0 Å². The quantitative estimate of drug-likeness (QED) is 0.814. The van der Waals surface area contributed by atoms with Gasteiger partial charge in [0, 0.05) is 23.4 Å². The second-order valence-corrected chi connectivity index (χ2v) is 7.08. The highest BCUT2D eigenvalue weighted by Crippen LogP contribution is 2.32. The lowest BCUT2D eigenvalue weighted by atomic mass is 10.2. The van der Waals surface area contributed by atoms with E-state index in [1.54, 1.807) is 23.9 Å². The fourth-order valence-corrected chi connectivity index (χ4v) is 3.65. The molecule has 1 aromatic rings. The van der Waals surface area contributed by atoms with Gasteiger partial charge in [-0.1, -0.05) is 0 Å². The predicted molar refractivity (Wildman–Crippen MR) is 71.9 cm³/mol. The maximum atomic E-state index is 11.2. The van der Waals surface area contributed by atoms with E-state index in [2.05, 4.69) is 0 Å². The summed E-state index contributed by atoms with van der Waals surface area (Å²) in [6.07, 6.45) is 2.00. The first kappa shape index (κ1) is 13.7. The summed E-state index contributed by atoms with van der Waals surface area (Å²) in [4.78, 5) is 0.950. The van der Waals surface area contributed by atoms with Crippen LogP contribution in [-0.2, 0) is 14.8 Å². The van der Waals surface area contributed by atoms with Crippen LogP contribution in [0.25, 0.3) is 0 Å². The van der Waals surface area contributed by atoms with Crippen LogP contribution in [0.1, 0.15) is 12.8 Å². The first-order valence-corrected chi connectivity index (χ1v) is 8.06. The number of thioether (sulfide) groups is 1. The first-order chi connectivity index (χ1) is 8.47. The van der Waals surface area contributed by atoms with Crippen molar-refractivity contribution in [3.05, 3.63) is 18.2 Å². The van der Waals surface area contributed by atoms with Crippen molar-refractivity contribution >= 4 is 27.5 Å². The molecule has 0 aromatic heterocycles. The van der Waals surface area contributed by atoms with Crippen molar-refractivity contribution in [2.75, 3.05) is 18.9 Å². The van der Waals surface area contributed by atoms with E-state index in [0.717, 1.165) is 31.0 Å². The molecular formula is C11H16N2O3S2. The van der Waals surface area contributed by atoms with Crippen molar-refractivity contribution in [2.24, 2.45) is 5.14 Å². The molecule has 100 valence electrons. The van der Waals surface area contributed by atoms with Crippen molar-refractivity contribution in [3.63, 3.8) is 0 Å². The van der Waals surface area contributed by atoms with Gasteiger partial charge in [0.05, 0.1) is 5.69 Å². The van der Waals surface area contributed by atoms with Gasteiger partial charge in [-0.2, -0.15) is 0 Å². The largest absolute Gasteiger partial charge is 0.398 e. The molecule has 7 heteroatoms. The third-order valence-corrected chi connectivity index (χ3v) is 5.07. The highest BCUT2D eigenvalue weighted by atomic mass is 32.2. The Hall–Kier alpha value is -0.760. The Bertz CT molecular complexity index is 525. The average Bonchev–Trinajstić information content (AvgIpc) is 2.28.